The van der Waals surface area contributed by atoms with Crippen molar-refractivity contribution in [1.82, 2.24) is 0 Å². The summed E-state index contributed by atoms with van der Waals surface area (Å²) in [6.07, 6.45) is 20.3. The van der Waals surface area contributed by atoms with Crippen molar-refractivity contribution in [3.05, 3.63) is 196 Å². The highest BCUT2D eigenvalue weighted by atomic mass is 14.3. The van der Waals surface area contributed by atoms with Crippen LogP contribution in [0, 0.1) is 53.9 Å². The molecule has 5 aromatic carbocycles. The summed E-state index contributed by atoms with van der Waals surface area (Å²) in [6, 6.07) is 30.9. The first-order chi connectivity index (χ1) is 37.7. The Morgan fingerprint density at radius 3 is 1.19 bits per heavy atom. The largest absolute Gasteiger partial charge is 0.313 e. The average Bonchev–Trinajstić information content (AvgIpc) is 3.45. The fourth-order valence-corrected chi connectivity index (χ4v) is 6.69. The van der Waals surface area contributed by atoms with Crippen LogP contribution in [0.5, 0.6) is 0 Å². The number of hydrogen-bond donors (Lipinski definition) is 1. The number of nitrogens with one attached hydrogen (secondary N) is 1. The molecule has 80 heavy (non-hydrogen) atoms. The van der Waals surface area contributed by atoms with Gasteiger partial charge in [-0.25, -0.2) is 0 Å². The lowest BCUT2D eigenvalue weighted by molar-refractivity contribution is 0.624. The van der Waals surface area contributed by atoms with Crippen molar-refractivity contribution in [3.63, 3.8) is 0 Å². The van der Waals surface area contributed by atoms with Crippen LogP contribution in [0.3, 0.4) is 0 Å². The Morgan fingerprint density at radius 1 is 0.463 bits per heavy atom. The van der Waals surface area contributed by atoms with Gasteiger partial charge in [-0.3, -0.25) is 0 Å². The molecule has 0 unspecified atom stereocenters. The molecular weight excluding hydrogens is 963 g/mol. The zero-order chi connectivity index (χ0) is 63.3. The van der Waals surface area contributed by atoms with Crippen molar-refractivity contribution >= 4 is 34.7 Å². The molecule has 1 heteroatoms. The quantitative estimate of drug-likeness (QED) is 0.0731. The van der Waals surface area contributed by atoms with Crippen molar-refractivity contribution in [1.29, 1.82) is 5.41 Å². The third kappa shape index (κ3) is 49.7. The maximum atomic E-state index is 6.08. The van der Waals surface area contributed by atoms with Crippen LogP contribution < -0.4 is 10.4 Å². The van der Waals surface area contributed by atoms with E-state index in [1.165, 1.54) is 172 Å². The second kappa shape index (κ2) is 69.8. The minimum Gasteiger partial charge on any atom is -0.313 e. The Kier molecular flexibility index (Phi) is 82.1. The van der Waals surface area contributed by atoms with E-state index in [4.69, 9.17) is 5.41 Å². The van der Waals surface area contributed by atoms with Gasteiger partial charge in [-0.15, -0.1) is 26.3 Å². The van der Waals surface area contributed by atoms with Crippen molar-refractivity contribution in [2.24, 2.45) is 0 Å². The summed E-state index contributed by atoms with van der Waals surface area (Å²) in [4.78, 5) is 0. The van der Waals surface area contributed by atoms with Gasteiger partial charge < -0.3 is 5.41 Å². The van der Waals surface area contributed by atoms with Gasteiger partial charge in [0.1, 0.15) is 0 Å². The van der Waals surface area contributed by atoms with E-state index < -0.39 is 0 Å². The van der Waals surface area contributed by atoms with Crippen LogP contribution in [0.1, 0.15) is 278 Å². The number of unbranched alkanes of at least 4 members (excludes halogenated alkanes) is 8. The molecule has 0 aliphatic heterocycles. The van der Waals surface area contributed by atoms with Crippen LogP contribution >= 0.6 is 0 Å². The van der Waals surface area contributed by atoms with Gasteiger partial charge >= 0.3 is 0 Å². The minimum absolute atomic E-state index is 0. The Morgan fingerprint density at radius 2 is 0.838 bits per heavy atom. The number of aryl methyl sites for hydroxylation is 7. The summed E-state index contributed by atoms with van der Waals surface area (Å²) in [6.45, 7) is 75.9. The van der Waals surface area contributed by atoms with E-state index in [0.29, 0.717) is 0 Å². The normalized spacial score (nSPS) is 8.97. The van der Waals surface area contributed by atoms with Crippen molar-refractivity contribution in [2.75, 3.05) is 0 Å². The standard InChI is InChI=1S/C28H30.C13H14.C8H18.C4H8.3C4H10.C3H6.C2H5N.3C2H6.C2H4.CH4/c1-8-21(5)27-17-20(4)11-14-26(27)28(24-12-9-18(2)15-22(24)6)25-13-10-19(3)16-23(25)7;1-9-7-8-11(3)13-10(2)5-4-6-12(9)13;1-3-5-7-8-6-4-2;1-4(2)3;3*1-3-4-2;1-3-2;1-2-3;4*1-2;/h9-17H,2,5,8H2,1,3-4,6-7H3;4-8H,1-3H3;3-8H2,1-2H3;1H2,2-3H3;3*3-4H2,1-2H3;3H,1H2,2H3;2-3H,1H3;3*1-2H3;1-2H2;1H4/b28-24+;;;;;;;;;;;;;. The maximum absolute atomic E-state index is 6.08. The lowest BCUT2D eigenvalue weighted by Gasteiger charge is -2.19. The third-order valence-electron chi connectivity index (χ3n) is 11.1. The van der Waals surface area contributed by atoms with Crippen LogP contribution in [0.15, 0.2) is 129 Å². The summed E-state index contributed by atoms with van der Waals surface area (Å²) in [5.74, 6) is 0. The van der Waals surface area contributed by atoms with E-state index in [2.05, 4.69) is 235 Å². The molecule has 0 aromatic heterocycles. The van der Waals surface area contributed by atoms with E-state index in [0.717, 1.165) is 11.6 Å². The predicted molar refractivity (Wildman–Crippen MR) is 386 cm³/mol. The lowest BCUT2D eigenvalue weighted by atomic mass is 9.85. The second-order valence-corrected chi connectivity index (χ2v) is 18.9. The fourth-order valence-electron chi connectivity index (χ4n) is 6.69. The lowest BCUT2D eigenvalue weighted by Crippen LogP contribution is -2.17. The first kappa shape index (κ1) is 94.0. The van der Waals surface area contributed by atoms with Gasteiger partial charge in [0.05, 0.1) is 0 Å². The third-order valence-corrected chi connectivity index (χ3v) is 11.1. The molecule has 0 radical (unpaired) electrons. The molecule has 0 saturated carbocycles. The molecule has 458 valence electrons. The first-order valence-corrected chi connectivity index (χ1v) is 31.0. The molecule has 0 heterocycles. The number of rotatable bonds is 12. The van der Waals surface area contributed by atoms with Gasteiger partial charge in [0.25, 0.3) is 0 Å². The van der Waals surface area contributed by atoms with Gasteiger partial charge in [0, 0.05) is 0 Å². The van der Waals surface area contributed by atoms with Gasteiger partial charge in [-0.2, -0.15) is 0 Å². The number of fused-ring (bicyclic) bond motifs is 1. The minimum atomic E-state index is 0. The zero-order valence-electron chi connectivity index (χ0n) is 57.7. The fraction of sp³-hybridized carbons (Fsp3) is 0.506. The van der Waals surface area contributed by atoms with Crippen LogP contribution in [0.4, 0.5) is 0 Å². The SMILES string of the molecule is C.C=C.C=C(C)C.C=C(CC)c1cc(C)ccc1/C(c1ccc(C)cc1C)=c1\ccc(=C)cc1C.C=CC.CC.CC.CC.CC=N.CCCC.CCCC.CCCC.CCCCCCCC.Cc1ccc(C)c2c(C)cccc12. The predicted octanol–water partition coefficient (Wildman–Crippen LogP) is 26.5. The molecule has 5 aromatic rings. The topological polar surface area (TPSA) is 23.9 Å². The molecule has 0 spiro atoms. The molecule has 0 bridgehead atoms. The van der Waals surface area contributed by atoms with Crippen LogP contribution in [-0.2, 0) is 0 Å². The molecule has 1 N–H and O–H groups in total. The Balaban J connectivity index is -0.000000116. The highest BCUT2D eigenvalue weighted by Gasteiger charge is 2.16. The summed E-state index contributed by atoms with van der Waals surface area (Å²) in [5, 5.41) is 11.2. The average molecular weight is 1100 g/mol. The zero-order valence-corrected chi connectivity index (χ0v) is 57.7. The molecule has 1 nitrogen and oxygen atoms in total. The summed E-state index contributed by atoms with van der Waals surface area (Å²) in [7, 11) is 0. The van der Waals surface area contributed by atoms with Crippen LogP contribution in [0.2, 0.25) is 0 Å². The smallest absolute Gasteiger partial charge is 0.00274 e. The summed E-state index contributed by atoms with van der Waals surface area (Å²) in [5.41, 5.74) is 16.6. The Bertz CT molecular complexity index is 2260. The van der Waals surface area contributed by atoms with E-state index in [1.54, 1.807) is 13.0 Å². The van der Waals surface area contributed by atoms with E-state index in [9.17, 15) is 0 Å². The molecule has 0 atom stereocenters. The van der Waals surface area contributed by atoms with E-state index in [1.807, 2.05) is 62.3 Å². The summed E-state index contributed by atoms with van der Waals surface area (Å²) >= 11 is 0. The highest BCUT2D eigenvalue weighted by molar-refractivity contribution is 5.91. The molecule has 0 fully saturated rings. The Hall–Kier alpha value is -5.27. The summed E-state index contributed by atoms with van der Waals surface area (Å²) < 4.78 is 0. The highest BCUT2D eigenvalue weighted by Crippen LogP contribution is 2.32. The van der Waals surface area contributed by atoms with Gasteiger partial charge in [-0.1, -0.05) is 309 Å². The molecular formula is C79H137N. The number of benzene rings is 5. The van der Waals surface area contributed by atoms with Gasteiger partial charge in [0.15, 0.2) is 0 Å². The number of allylic oxidation sites excluding steroid dienone is 3. The monoisotopic (exact) mass is 1100 g/mol. The Labute approximate surface area is 504 Å². The van der Waals surface area contributed by atoms with E-state index >= 15 is 0 Å². The van der Waals surface area contributed by atoms with Crippen LogP contribution in [-0.4, -0.2) is 6.21 Å². The van der Waals surface area contributed by atoms with Crippen molar-refractivity contribution < 1.29 is 0 Å². The maximum Gasteiger partial charge on any atom is -0.00274 e. The molecule has 0 saturated heterocycles. The molecule has 0 aliphatic rings. The first-order valence-electron chi connectivity index (χ1n) is 31.0. The molecule has 0 aliphatic carbocycles. The van der Waals surface area contributed by atoms with Gasteiger partial charge in [0.2, 0.25) is 0 Å². The molecule has 5 rings (SSSR count). The van der Waals surface area contributed by atoms with Crippen molar-refractivity contribution in [3.8, 4) is 0 Å². The van der Waals surface area contributed by atoms with E-state index in [-0.39, 0.29) is 7.43 Å². The molecule has 0 amide bonds. The van der Waals surface area contributed by atoms with Crippen LogP contribution in [0.25, 0.3) is 28.5 Å². The number of hydrogen-bond acceptors (Lipinski definition) is 1. The second-order valence-electron chi connectivity index (χ2n) is 18.9. The van der Waals surface area contributed by atoms with Gasteiger partial charge in [-0.05, 0) is 166 Å². The van der Waals surface area contributed by atoms with Crippen molar-refractivity contribution in [2.45, 2.75) is 271 Å².